The number of carboxylic acids is 1. The highest BCUT2D eigenvalue weighted by molar-refractivity contribution is 5.99. The summed E-state index contributed by atoms with van der Waals surface area (Å²) in [6.45, 7) is 0.0980. The molecule has 0 bridgehead atoms. The van der Waals surface area contributed by atoms with Crippen LogP contribution in [0.3, 0.4) is 0 Å². The highest BCUT2D eigenvalue weighted by atomic mass is 16.5. The van der Waals surface area contributed by atoms with E-state index in [9.17, 15) is 14.7 Å². The Labute approximate surface area is 117 Å². The smallest absolute Gasteiger partial charge is 0.323 e. The zero-order valence-corrected chi connectivity index (χ0v) is 11.2. The molecule has 0 unspecified atom stereocenters. The number of carbonyl (C=O) groups excluding carboxylic acids is 1. The molecule has 108 valence electrons. The largest absolute Gasteiger partial charge is 0.480 e. The first kappa shape index (κ1) is 14.5. The van der Waals surface area contributed by atoms with Crippen molar-refractivity contribution in [1.29, 1.82) is 0 Å². The van der Waals surface area contributed by atoms with E-state index in [1.54, 1.807) is 0 Å². The summed E-state index contributed by atoms with van der Waals surface area (Å²) in [5, 5.41) is 9.40. The summed E-state index contributed by atoms with van der Waals surface area (Å²) >= 11 is 0. The van der Waals surface area contributed by atoms with Crippen LogP contribution in [0.25, 0.3) is 0 Å². The monoisotopic (exact) mass is 277 g/mol. The maximum Gasteiger partial charge on any atom is 0.323 e. The van der Waals surface area contributed by atoms with Gasteiger partial charge in [-0.25, -0.2) is 0 Å². The third-order valence-corrected chi connectivity index (χ3v) is 3.90. The van der Waals surface area contributed by atoms with Gasteiger partial charge in [0.05, 0.1) is 0 Å². The van der Waals surface area contributed by atoms with Crippen molar-refractivity contribution in [1.82, 2.24) is 0 Å². The Kier molecular flexibility index (Phi) is 4.39. The van der Waals surface area contributed by atoms with Crippen LogP contribution in [-0.4, -0.2) is 23.1 Å². The average Bonchev–Trinajstić information content (AvgIpc) is 2.46. The van der Waals surface area contributed by atoms with Gasteiger partial charge in [0.25, 0.3) is 0 Å². The number of esters is 1. The number of rotatable bonds is 4. The topological polar surface area (TPSA) is 89.6 Å². The number of nitrogens with two attached hydrogens (primary N) is 1. The summed E-state index contributed by atoms with van der Waals surface area (Å²) < 4.78 is 5.21. The number of carbonyl (C=O) groups is 2. The molecular weight excluding hydrogens is 258 g/mol. The second kappa shape index (κ2) is 6.05. The maximum atomic E-state index is 12.2. The van der Waals surface area contributed by atoms with Gasteiger partial charge in [-0.2, -0.15) is 0 Å². The molecule has 0 radical (unpaired) electrons. The molecule has 0 saturated heterocycles. The van der Waals surface area contributed by atoms with Gasteiger partial charge in [-0.15, -0.1) is 0 Å². The molecule has 0 spiro atoms. The molecule has 1 saturated carbocycles. The van der Waals surface area contributed by atoms with Gasteiger partial charge in [0.2, 0.25) is 0 Å². The SMILES string of the molecule is NC1CCC(C(=O)O)(C(=O)OCc2ccccc2)CC1. The van der Waals surface area contributed by atoms with Crippen LogP contribution in [0.2, 0.25) is 0 Å². The minimum Gasteiger partial charge on any atom is -0.480 e. The normalized spacial score (nSPS) is 25.9. The number of ether oxygens (including phenoxy) is 1. The van der Waals surface area contributed by atoms with Gasteiger partial charge in [-0.1, -0.05) is 30.3 Å². The Hall–Kier alpha value is -1.88. The van der Waals surface area contributed by atoms with Crippen LogP contribution in [0.4, 0.5) is 0 Å². The van der Waals surface area contributed by atoms with Gasteiger partial charge in [0.1, 0.15) is 6.61 Å². The van der Waals surface area contributed by atoms with Gasteiger partial charge in [0, 0.05) is 6.04 Å². The first-order valence-electron chi connectivity index (χ1n) is 6.75. The quantitative estimate of drug-likeness (QED) is 0.646. The molecule has 5 heteroatoms. The first-order valence-corrected chi connectivity index (χ1v) is 6.75. The summed E-state index contributed by atoms with van der Waals surface area (Å²) in [6.07, 6.45) is 1.56. The third kappa shape index (κ3) is 2.99. The maximum absolute atomic E-state index is 12.2. The molecule has 1 aliphatic carbocycles. The van der Waals surface area contributed by atoms with E-state index in [2.05, 4.69) is 0 Å². The fourth-order valence-corrected chi connectivity index (χ4v) is 2.50. The van der Waals surface area contributed by atoms with E-state index in [4.69, 9.17) is 10.5 Å². The summed E-state index contributed by atoms with van der Waals surface area (Å²) in [5.74, 6) is -1.76. The zero-order valence-electron chi connectivity index (χ0n) is 11.2. The fraction of sp³-hybridized carbons (Fsp3) is 0.467. The molecule has 1 aromatic rings. The van der Waals surface area contributed by atoms with Gasteiger partial charge < -0.3 is 15.6 Å². The number of hydrogen-bond acceptors (Lipinski definition) is 4. The van der Waals surface area contributed by atoms with Crippen LogP contribution < -0.4 is 5.73 Å². The van der Waals surface area contributed by atoms with Gasteiger partial charge >= 0.3 is 11.9 Å². The molecule has 1 aliphatic rings. The zero-order chi connectivity index (χ0) is 14.6. The molecule has 3 N–H and O–H groups in total. The summed E-state index contributed by atoms with van der Waals surface area (Å²) in [4.78, 5) is 23.7. The molecule has 5 nitrogen and oxygen atoms in total. The van der Waals surface area contributed by atoms with E-state index in [-0.39, 0.29) is 25.5 Å². The fourth-order valence-electron chi connectivity index (χ4n) is 2.50. The predicted octanol–water partition coefficient (Wildman–Crippen LogP) is 1.70. The minimum absolute atomic E-state index is 0.0237. The van der Waals surface area contributed by atoms with Crippen molar-refractivity contribution in [2.75, 3.05) is 0 Å². The molecule has 1 aromatic carbocycles. The lowest BCUT2D eigenvalue weighted by Crippen LogP contribution is -2.45. The standard InChI is InChI=1S/C15H19NO4/c16-12-6-8-15(9-7-12,13(17)18)14(19)20-10-11-4-2-1-3-5-11/h1-5,12H,6-10,16H2,(H,17,18). The van der Waals surface area contributed by atoms with Crippen LogP contribution in [0.1, 0.15) is 31.2 Å². The highest BCUT2D eigenvalue weighted by Crippen LogP contribution is 2.37. The van der Waals surface area contributed by atoms with Crippen molar-refractivity contribution >= 4 is 11.9 Å². The van der Waals surface area contributed by atoms with E-state index < -0.39 is 17.4 Å². The molecule has 20 heavy (non-hydrogen) atoms. The Balaban J connectivity index is 2.03. The highest BCUT2D eigenvalue weighted by Gasteiger charge is 2.49. The molecule has 0 amide bonds. The van der Waals surface area contributed by atoms with E-state index in [0.717, 1.165) is 5.56 Å². The lowest BCUT2D eigenvalue weighted by molar-refractivity contribution is -0.172. The van der Waals surface area contributed by atoms with Crippen LogP contribution in [0, 0.1) is 5.41 Å². The van der Waals surface area contributed by atoms with Crippen LogP contribution in [0.5, 0.6) is 0 Å². The summed E-state index contributed by atoms with van der Waals surface area (Å²) in [5.41, 5.74) is 5.19. The van der Waals surface area contributed by atoms with Gasteiger partial charge in [-0.05, 0) is 31.2 Å². The van der Waals surface area contributed by atoms with Crippen LogP contribution >= 0.6 is 0 Å². The van der Waals surface area contributed by atoms with E-state index in [1.807, 2.05) is 30.3 Å². The van der Waals surface area contributed by atoms with Crippen LogP contribution in [-0.2, 0) is 20.9 Å². The Morgan fingerprint density at radius 3 is 2.40 bits per heavy atom. The lowest BCUT2D eigenvalue weighted by atomic mass is 9.72. The second-order valence-electron chi connectivity index (χ2n) is 5.29. The lowest BCUT2D eigenvalue weighted by Gasteiger charge is -2.33. The minimum atomic E-state index is -1.43. The van der Waals surface area contributed by atoms with Crippen LogP contribution in [0.15, 0.2) is 30.3 Å². The molecule has 0 heterocycles. The Bertz CT molecular complexity index is 478. The third-order valence-electron chi connectivity index (χ3n) is 3.90. The molecular formula is C15H19NO4. The van der Waals surface area contributed by atoms with E-state index in [0.29, 0.717) is 12.8 Å². The predicted molar refractivity (Wildman–Crippen MR) is 72.8 cm³/mol. The van der Waals surface area contributed by atoms with E-state index in [1.165, 1.54) is 0 Å². The van der Waals surface area contributed by atoms with Crippen molar-refractivity contribution in [3.8, 4) is 0 Å². The Morgan fingerprint density at radius 2 is 1.85 bits per heavy atom. The Morgan fingerprint density at radius 1 is 1.25 bits per heavy atom. The molecule has 0 aromatic heterocycles. The number of hydrogen-bond donors (Lipinski definition) is 2. The van der Waals surface area contributed by atoms with E-state index >= 15 is 0 Å². The number of carboxylic acid groups (broad SMARTS) is 1. The first-order chi connectivity index (χ1) is 9.54. The molecule has 1 fully saturated rings. The van der Waals surface area contributed by atoms with Crippen molar-refractivity contribution in [3.63, 3.8) is 0 Å². The second-order valence-corrected chi connectivity index (χ2v) is 5.29. The van der Waals surface area contributed by atoms with Gasteiger partial charge in [-0.3, -0.25) is 9.59 Å². The number of aliphatic carboxylic acids is 1. The van der Waals surface area contributed by atoms with Crippen molar-refractivity contribution < 1.29 is 19.4 Å². The van der Waals surface area contributed by atoms with Crippen molar-refractivity contribution in [2.45, 2.75) is 38.3 Å². The molecule has 0 atom stereocenters. The number of benzene rings is 1. The average molecular weight is 277 g/mol. The van der Waals surface area contributed by atoms with Gasteiger partial charge in [0.15, 0.2) is 5.41 Å². The molecule has 2 rings (SSSR count). The summed E-state index contributed by atoms with van der Waals surface area (Å²) in [6, 6.07) is 9.19. The van der Waals surface area contributed by atoms with Crippen molar-refractivity contribution in [3.05, 3.63) is 35.9 Å². The molecule has 0 aliphatic heterocycles. The summed E-state index contributed by atoms with van der Waals surface area (Å²) in [7, 11) is 0. The van der Waals surface area contributed by atoms with Crippen molar-refractivity contribution in [2.24, 2.45) is 11.1 Å².